The predicted octanol–water partition coefficient (Wildman–Crippen LogP) is 1.58. The van der Waals surface area contributed by atoms with Gasteiger partial charge in [0.2, 0.25) is 0 Å². The number of hydrogen-bond acceptors (Lipinski definition) is 4. The van der Waals surface area contributed by atoms with Crippen LogP contribution in [0.4, 0.5) is 5.69 Å². The van der Waals surface area contributed by atoms with Crippen molar-refractivity contribution in [3.05, 3.63) is 60.2 Å². The molecule has 0 bridgehead atoms. The van der Waals surface area contributed by atoms with Gasteiger partial charge in [0.15, 0.2) is 0 Å². The fraction of sp³-hybridized carbons (Fsp3) is 0.235. The van der Waals surface area contributed by atoms with E-state index in [-0.39, 0.29) is 11.3 Å². The number of nitrogens with zero attached hydrogens (tertiary/aromatic N) is 1. The first-order chi connectivity index (χ1) is 10.9. The van der Waals surface area contributed by atoms with Gasteiger partial charge in [-0.05, 0) is 49.6 Å². The molecule has 2 aromatic rings. The van der Waals surface area contributed by atoms with Crippen LogP contribution in [0.3, 0.4) is 0 Å². The van der Waals surface area contributed by atoms with Crippen molar-refractivity contribution in [1.29, 1.82) is 0 Å². The number of carbonyl (C=O) groups is 1. The highest BCUT2D eigenvalue weighted by Crippen LogP contribution is 2.23. The maximum atomic E-state index is 12.8. The molecule has 0 N–H and O–H groups in total. The van der Waals surface area contributed by atoms with Crippen LogP contribution in [-0.4, -0.2) is 20.9 Å². The Balaban J connectivity index is 2.26. The molecule has 0 saturated carbocycles. The van der Waals surface area contributed by atoms with Gasteiger partial charge in [-0.25, -0.2) is 8.42 Å². The average Bonchev–Trinajstić information content (AvgIpc) is 2.55. The van der Waals surface area contributed by atoms with Crippen molar-refractivity contribution in [1.82, 2.24) is 0 Å². The number of hydrogen-bond donors (Lipinski definition) is 0. The van der Waals surface area contributed by atoms with Crippen LogP contribution >= 0.6 is 0 Å². The van der Waals surface area contributed by atoms with Gasteiger partial charge in [0.1, 0.15) is 0 Å². The SMILES string of the molecule is CCN(c1ccccc1)S(=O)(=O)c1ccc(CCC(=O)[O-])cc1. The lowest BCUT2D eigenvalue weighted by molar-refractivity contribution is -0.305. The molecule has 0 radical (unpaired) electrons. The van der Waals surface area contributed by atoms with E-state index in [4.69, 9.17) is 0 Å². The standard InChI is InChI=1S/C17H19NO4S/c1-2-18(15-6-4-3-5-7-15)23(21,22)16-11-8-14(9-12-16)10-13-17(19)20/h3-9,11-12H,2,10,13H2,1H3,(H,19,20)/p-1. The van der Waals surface area contributed by atoms with E-state index in [0.717, 1.165) is 5.56 Å². The van der Waals surface area contributed by atoms with Crippen molar-refractivity contribution in [3.63, 3.8) is 0 Å². The van der Waals surface area contributed by atoms with Crippen molar-refractivity contribution < 1.29 is 18.3 Å². The van der Waals surface area contributed by atoms with Crippen LogP contribution in [0.5, 0.6) is 0 Å². The fourth-order valence-electron chi connectivity index (χ4n) is 2.29. The summed E-state index contributed by atoms with van der Waals surface area (Å²) in [4.78, 5) is 10.7. The molecule has 0 atom stereocenters. The van der Waals surface area contributed by atoms with Gasteiger partial charge in [-0.3, -0.25) is 4.31 Å². The topological polar surface area (TPSA) is 77.5 Å². The first kappa shape index (κ1) is 17.0. The number of para-hydroxylation sites is 1. The zero-order chi connectivity index (χ0) is 16.9. The molecule has 0 spiro atoms. The van der Waals surface area contributed by atoms with E-state index in [2.05, 4.69) is 0 Å². The Bertz CT molecular complexity index is 755. The van der Waals surface area contributed by atoms with Crippen molar-refractivity contribution in [3.8, 4) is 0 Å². The zero-order valence-corrected chi connectivity index (χ0v) is 13.6. The molecule has 0 saturated heterocycles. The van der Waals surface area contributed by atoms with Gasteiger partial charge in [-0.2, -0.15) is 0 Å². The summed E-state index contributed by atoms with van der Waals surface area (Å²) in [5, 5.41) is 10.5. The number of carboxylic acids is 1. The van der Waals surface area contributed by atoms with Crippen LogP contribution in [0.2, 0.25) is 0 Å². The highest BCUT2D eigenvalue weighted by Gasteiger charge is 2.23. The number of benzene rings is 2. The van der Waals surface area contributed by atoms with Crippen LogP contribution in [-0.2, 0) is 21.2 Å². The third-order valence-electron chi connectivity index (χ3n) is 3.46. The van der Waals surface area contributed by atoms with Gasteiger partial charge in [0.05, 0.1) is 10.6 Å². The van der Waals surface area contributed by atoms with Crippen LogP contribution in [0.1, 0.15) is 18.9 Å². The Hall–Kier alpha value is -2.34. The highest BCUT2D eigenvalue weighted by atomic mass is 32.2. The normalized spacial score (nSPS) is 11.2. The summed E-state index contributed by atoms with van der Waals surface area (Å²) >= 11 is 0. The lowest BCUT2D eigenvalue weighted by Gasteiger charge is -2.23. The number of aryl methyl sites for hydroxylation is 1. The molecule has 6 heteroatoms. The maximum Gasteiger partial charge on any atom is 0.264 e. The van der Waals surface area contributed by atoms with E-state index < -0.39 is 16.0 Å². The van der Waals surface area contributed by atoms with E-state index in [1.54, 1.807) is 43.3 Å². The Morgan fingerprint density at radius 1 is 1.04 bits per heavy atom. The van der Waals surface area contributed by atoms with E-state index >= 15 is 0 Å². The highest BCUT2D eigenvalue weighted by molar-refractivity contribution is 7.92. The monoisotopic (exact) mass is 332 g/mol. The number of rotatable bonds is 7. The maximum absolute atomic E-state index is 12.8. The molecule has 0 heterocycles. The molecular formula is C17H18NO4S-. The molecule has 0 aliphatic carbocycles. The number of carbonyl (C=O) groups excluding carboxylic acids is 1. The summed E-state index contributed by atoms with van der Waals surface area (Å²) in [6.45, 7) is 2.09. The zero-order valence-electron chi connectivity index (χ0n) is 12.8. The van der Waals surface area contributed by atoms with E-state index in [1.165, 1.54) is 16.4 Å². The molecule has 0 unspecified atom stereocenters. The molecule has 0 aliphatic heterocycles. The minimum absolute atomic E-state index is 0.0861. The molecule has 0 amide bonds. The van der Waals surface area contributed by atoms with Crippen LogP contribution in [0, 0.1) is 0 Å². The Kier molecular flexibility index (Phi) is 5.39. The second kappa shape index (κ2) is 7.28. The minimum Gasteiger partial charge on any atom is -0.550 e. The molecule has 23 heavy (non-hydrogen) atoms. The molecule has 0 fully saturated rings. The lowest BCUT2D eigenvalue weighted by Crippen LogP contribution is -2.30. The third kappa shape index (κ3) is 4.10. The van der Waals surface area contributed by atoms with Gasteiger partial charge < -0.3 is 9.90 Å². The molecule has 5 nitrogen and oxygen atoms in total. The summed E-state index contributed by atoms with van der Waals surface area (Å²) in [6.07, 6.45) is 0.232. The Morgan fingerprint density at radius 2 is 1.65 bits per heavy atom. The van der Waals surface area contributed by atoms with Gasteiger partial charge in [-0.15, -0.1) is 0 Å². The molecular weight excluding hydrogens is 314 g/mol. The third-order valence-corrected chi connectivity index (χ3v) is 5.38. The minimum atomic E-state index is -3.65. The summed E-state index contributed by atoms with van der Waals surface area (Å²) in [5.74, 6) is -1.12. The van der Waals surface area contributed by atoms with E-state index in [0.29, 0.717) is 18.7 Å². The Labute approximate surface area is 136 Å². The van der Waals surface area contributed by atoms with Crippen molar-refractivity contribution in [2.45, 2.75) is 24.7 Å². The van der Waals surface area contributed by atoms with Gasteiger partial charge in [0.25, 0.3) is 10.0 Å². The summed E-state index contributed by atoms with van der Waals surface area (Å²) in [7, 11) is -3.65. The quantitative estimate of drug-likeness (QED) is 0.771. The number of sulfonamides is 1. The van der Waals surface area contributed by atoms with Crippen molar-refractivity contribution in [2.75, 3.05) is 10.8 Å². The Morgan fingerprint density at radius 3 is 2.17 bits per heavy atom. The van der Waals surface area contributed by atoms with Gasteiger partial charge in [0, 0.05) is 12.5 Å². The number of carboxylic acid groups (broad SMARTS) is 1. The largest absolute Gasteiger partial charge is 0.550 e. The summed E-state index contributed by atoms with van der Waals surface area (Å²) < 4.78 is 26.9. The summed E-state index contributed by atoms with van der Waals surface area (Å²) in [6, 6.07) is 15.2. The van der Waals surface area contributed by atoms with Crippen LogP contribution < -0.4 is 9.41 Å². The van der Waals surface area contributed by atoms with Crippen LogP contribution in [0.25, 0.3) is 0 Å². The fourth-order valence-corrected chi connectivity index (χ4v) is 3.76. The molecule has 2 aromatic carbocycles. The van der Waals surface area contributed by atoms with Gasteiger partial charge >= 0.3 is 0 Å². The second-order valence-corrected chi connectivity index (χ2v) is 6.88. The van der Waals surface area contributed by atoms with Crippen molar-refractivity contribution in [2.24, 2.45) is 0 Å². The second-order valence-electron chi connectivity index (χ2n) is 5.02. The van der Waals surface area contributed by atoms with Crippen molar-refractivity contribution >= 4 is 21.7 Å². The van der Waals surface area contributed by atoms with Crippen LogP contribution in [0.15, 0.2) is 59.5 Å². The van der Waals surface area contributed by atoms with E-state index in [9.17, 15) is 18.3 Å². The average molecular weight is 332 g/mol. The number of anilines is 1. The summed E-state index contributed by atoms with van der Waals surface area (Å²) in [5.41, 5.74) is 1.37. The van der Waals surface area contributed by atoms with E-state index in [1.807, 2.05) is 6.07 Å². The molecule has 2 rings (SSSR count). The predicted molar refractivity (Wildman–Crippen MR) is 86.4 cm³/mol. The lowest BCUT2D eigenvalue weighted by atomic mass is 10.1. The smallest absolute Gasteiger partial charge is 0.264 e. The molecule has 0 aromatic heterocycles. The van der Waals surface area contributed by atoms with Gasteiger partial charge in [-0.1, -0.05) is 30.3 Å². The molecule has 0 aliphatic rings. The number of aliphatic carboxylic acids is 1. The first-order valence-corrected chi connectivity index (χ1v) is 8.75. The molecule has 122 valence electrons. The first-order valence-electron chi connectivity index (χ1n) is 7.31.